The average Bonchev–Trinajstić information content (AvgIpc) is 2.65. The lowest BCUT2D eigenvalue weighted by molar-refractivity contribution is -0.137. The topological polar surface area (TPSA) is 61.6 Å². The van der Waals surface area contributed by atoms with Gasteiger partial charge in [-0.25, -0.2) is 0 Å². The third-order valence-corrected chi connectivity index (χ3v) is 4.80. The minimum atomic E-state index is -4.32. The molecule has 3 N–H and O–H groups in total. The van der Waals surface area contributed by atoms with Crippen molar-refractivity contribution in [2.24, 2.45) is 5.73 Å². The van der Waals surface area contributed by atoms with Crippen LogP contribution in [0.15, 0.2) is 24.3 Å². The third kappa shape index (κ3) is 7.48. The quantitative estimate of drug-likeness (QED) is 0.632. The van der Waals surface area contributed by atoms with E-state index >= 15 is 0 Å². The van der Waals surface area contributed by atoms with Gasteiger partial charge in [-0.3, -0.25) is 9.69 Å². The molecule has 1 heterocycles. The molecule has 0 aliphatic carbocycles. The number of nitrogens with two attached hydrogens (primary N) is 1. The van der Waals surface area contributed by atoms with Crippen LogP contribution in [0.4, 0.5) is 18.9 Å². The van der Waals surface area contributed by atoms with Gasteiger partial charge in [-0.1, -0.05) is 19.4 Å². The monoisotopic (exact) mass is 422 g/mol. The van der Waals surface area contributed by atoms with Crippen molar-refractivity contribution < 1.29 is 18.0 Å². The van der Waals surface area contributed by atoms with Gasteiger partial charge >= 0.3 is 6.18 Å². The molecular formula is C19H30ClF3N4O. The summed E-state index contributed by atoms with van der Waals surface area (Å²) in [6, 6.07) is 5.05. The number of nitrogens with one attached hydrogen (secondary N) is 1. The van der Waals surface area contributed by atoms with Crippen LogP contribution in [0.2, 0.25) is 0 Å². The minimum Gasteiger partial charge on any atom is -0.369 e. The molecule has 1 unspecified atom stereocenters. The molecular weight excluding hydrogens is 393 g/mol. The highest BCUT2D eigenvalue weighted by Gasteiger charge is 2.31. The Morgan fingerprint density at radius 3 is 2.54 bits per heavy atom. The van der Waals surface area contributed by atoms with Crippen LogP contribution >= 0.6 is 12.4 Å². The van der Waals surface area contributed by atoms with Crippen LogP contribution in [0.5, 0.6) is 0 Å². The number of nitrogens with zero attached hydrogens (tertiary/aromatic N) is 2. The first kappa shape index (κ1) is 24.5. The molecule has 1 aromatic rings. The van der Waals surface area contributed by atoms with Crippen molar-refractivity contribution in [2.45, 2.75) is 38.4 Å². The van der Waals surface area contributed by atoms with Gasteiger partial charge in [-0.05, 0) is 37.6 Å². The molecule has 0 spiro atoms. The molecule has 1 amide bonds. The molecule has 9 heteroatoms. The van der Waals surface area contributed by atoms with E-state index in [-0.39, 0.29) is 18.3 Å². The second-order valence-corrected chi connectivity index (χ2v) is 6.92. The van der Waals surface area contributed by atoms with E-state index < -0.39 is 17.8 Å². The van der Waals surface area contributed by atoms with Gasteiger partial charge in [0.2, 0.25) is 5.91 Å². The highest BCUT2D eigenvalue weighted by molar-refractivity contribution is 5.85. The van der Waals surface area contributed by atoms with Crippen LogP contribution in [0, 0.1) is 0 Å². The number of hydrogen-bond donors (Lipinski definition) is 2. The van der Waals surface area contributed by atoms with Crippen LogP contribution in [-0.4, -0.2) is 56.1 Å². The van der Waals surface area contributed by atoms with Crippen LogP contribution in [0.3, 0.4) is 0 Å². The lowest BCUT2D eigenvalue weighted by Gasteiger charge is -2.36. The predicted molar refractivity (Wildman–Crippen MR) is 108 cm³/mol. The summed E-state index contributed by atoms with van der Waals surface area (Å²) in [4.78, 5) is 16.0. The molecule has 5 nitrogen and oxygen atoms in total. The number of benzene rings is 1. The number of piperazine rings is 1. The van der Waals surface area contributed by atoms with E-state index in [1.807, 2.05) is 11.8 Å². The van der Waals surface area contributed by atoms with Gasteiger partial charge in [-0.2, -0.15) is 13.2 Å². The Morgan fingerprint density at radius 1 is 1.25 bits per heavy atom. The summed E-state index contributed by atoms with van der Waals surface area (Å²) in [6.07, 6.45) is -1.93. The summed E-state index contributed by atoms with van der Waals surface area (Å²) in [7, 11) is 0. The van der Waals surface area contributed by atoms with E-state index in [1.54, 1.807) is 6.07 Å². The number of alkyl halides is 3. The molecule has 1 aromatic carbocycles. The van der Waals surface area contributed by atoms with Gasteiger partial charge in [0.05, 0.1) is 11.6 Å². The number of carbonyl (C=O) groups excluding carboxylic acids is 1. The van der Waals surface area contributed by atoms with Crippen LogP contribution < -0.4 is 16.0 Å². The van der Waals surface area contributed by atoms with Crippen molar-refractivity contribution in [2.75, 3.05) is 44.2 Å². The molecule has 0 saturated carbocycles. The van der Waals surface area contributed by atoms with Crippen molar-refractivity contribution in [3.63, 3.8) is 0 Å². The maximum absolute atomic E-state index is 12.9. The molecule has 1 fully saturated rings. The smallest absolute Gasteiger partial charge is 0.369 e. The van der Waals surface area contributed by atoms with Crippen molar-refractivity contribution in [1.82, 2.24) is 10.2 Å². The highest BCUT2D eigenvalue weighted by Crippen LogP contribution is 2.31. The highest BCUT2D eigenvalue weighted by atomic mass is 35.5. The third-order valence-electron chi connectivity index (χ3n) is 4.80. The molecule has 28 heavy (non-hydrogen) atoms. The molecule has 160 valence electrons. The largest absolute Gasteiger partial charge is 0.416 e. The van der Waals surface area contributed by atoms with Crippen LogP contribution in [0.1, 0.15) is 31.7 Å². The Kier molecular flexibility index (Phi) is 10.1. The van der Waals surface area contributed by atoms with Crippen molar-refractivity contribution in [3.05, 3.63) is 29.8 Å². The summed E-state index contributed by atoms with van der Waals surface area (Å²) in [5.74, 6) is -0.105. The number of hydrogen-bond acceptors (Lipinski definition) is 4. The Bertz CT molecular complexity index is 607. The number of anilines is 1. The fourth-order valence-corrected chi connectivity index (χ4v) is 3.20. The molecule has 0 aromatic heterocycles. The maximum Gasteiger partial charge on any atom is 0.416 e. The van der Waals surface area contributed by atoms with Crippen LogP contribution in [0.25, 0.3) is 0 Å². The molecule has 2 rings (SSSR count). The Balaban J connectivity index is 0.00000392. The summed E-state index contributed by atoms with van der Waals surface area (Å²) < 4.78 is 38.6. The van der Waals surface area contributed by atoms with Crippen molar-refractivity contribution >= 4 is 24.0 Å². The summed E-state index contributed by atoms with van der Waals surface area (Å²) in [5.41, 5.74) is 5.76. The zero-order chi connectivity index (χ0) is 19.9. The standard InChI is InChI=1S/C19H29F3N4O.ClH/c1-2-5-17(23)18(27)24-8-4-9-25-10-12-26(13-11-25)16-7-3-6-15(14-16)19(20,21)22;/h3,6-7,14,17H,2,4-5,8-13,23H2,1H3,(H,24,27);1H. The lowest BCUT2D eigenvalue weighted by Crippen LogP contribution is -2.47. The molecule has 0 bridgehead atoms. The van der Waals surface area contributed by atoms with Crippen molar-refractivity contribution in [1.29, 1.82) is 0 Å². The summed E-state index contributed by atoms with van der Waals surface area (Å²) in [6.45, 7) is 6.39. The normalized spacial score (nSPS) is 16.4. The van der Waals surface area contributed by atoms with Gasteiger partial charge in [0.25, 0.3) is 0 Å². The Morgan fingerprint density at radius 2 is 1.93 bits per heavy atom. The first-order valence-electron chi connectivity index (χ1n) is 9.49. The van der Waals surface area contributed by atoms with E-state index in [9.17, 15) is 18.0 Å². The first-order chi connectivity index (χ1) is 12.8. The number of rotatable bonds is 8. The SMILES string of the molecule is CCCC(N)C(=O)NCCCN1CCN(c2cccc(C(F)(F)F)c2)CC1.Cl. The van der Waals surface area contributed by atoms with E-state index in [2.05, 4.69) is 10.2 Å². The van der Waals surface area contributed by atoms with Gasteiger partial charge in [0.15, 0.2) is 0 Å². The lowest BCUT2D eigenvalue weighted by atomic mass is 10.1. The Hall–Kier alpha value is -1.51. The van der Waals surface area contributed by atoms with E-state index in [0.717, 1.165) is 38.5 Å². The molecule has 1 saturated heterocycles. The van der Waals surface area contributed by atoms with E-state index in [0.29, 0.717) is 31.7 Å². The predicted octanol–water partition coefficient (Wildman–Crippen LogP) is 2.88. The zero-order valence-corrected chi connectivity index (χ0v) is 17.0. The average molecular weight is 423 g/mol. The Labute approximate surface area is 170 Å². The molecule has 1 aliphatic heterocycles. The number of carbonyl (C=O) groups is 1. The van der Waals surface area contributed by atoms with Gasteiger partial charge in [0.1, 0.15) is 0 Å². The van der Waals surface area contributed by atoms with Gasteiger partial charge in [0, 0.05) is 38.4 Å². The second kappa shape index (κ2) is 11.5. The fourth-order valence-electron chi connectivity index (χ4n) is 3.20. The molecule has 1 atom stereocenters. The number of halogens is 4. The second-order valence-electron chi connectivity index (χ2n) is 6.92. The summed E-state index contributed by atoms with van der Waals surface area (Å²) >= 11 is 0. The summed E-state index contributed by atoms with van der Waals surface area (Å²) in [5, 5.41) is 2.85. The first-order valence-corrected chi connectivity index (χ1v) is 9.49. The fraction of sp³-hybridized carbons (Fsp3) is 0.632. The number of amides is 1. The molecule has 0 radical (unpaired) electrons. The van der Waals surface area contributed by atoms with E-state index in [4.69, 9.17) is 5.73 Å². The molecule has 1 aliphatic rings. The maximum atomic E-state index is 12.9. The van der Waals surface area contributed by atoms with E-state index in [1.165, 1.54) is 12.1 Å². The zero-order valence-electron chi connectivity index (χ0n) is 16.2. The minimum absolute atomic E-state index is 0. The van der Waals surface area contributed by atoms with Crippen molar-refractivity contribution in [3.8, 4) is 0 Å². The van der Waals surface area contributed by atoms with Gasteiger partial charge < -0.3 is 16.0 Å². The van der Waals surface area contributed by atoms with Gasteiger partial charge in [-0.15, -0.1) is 12.4 Å². The van der Waals surface area contributed by atoms with Crippen LogP contribution in [-0.2, 0) is 11.0 Å².